The van der Waals surface area contributed by atoms with E-state index in [-0.39, 0.29) is 17.1 Å². The Hall–Kier alpha value is -2.38. The number of carbonyl (C=O) groups excluding carboxylic acids is 1. The molecule has 1 rings (SSSR count). The number of ether oxygens (including phenoxy) is 2. The van der Waals surface area contributed by atoms with E-state index in [2.05, 4.69) is 10.1 Å². The molecule has 1 aromatic carbocycles. The molecular weight excluding hydrogens is 312 g/mol. The van der Waals surface area contributed by atoms with E-state index in [0.717, 1.165) is 6.07 Å². The Kier molecular flexibility index (Phi) is 5.89. The minimum Gasteiger partial charge on any atom is -0.493 e. The number of aliphatic carboxylic acids is 1. The van der Waals surface area contributed by atoms with Gasteiger partial charge in [0.25, 0.3) is 5.91 Å². The monoisotopic (exact) mass is 331 g/mol. The number of carboxylic acid groups (broad SMARTS) is 1. The Morgan fingerprint density at radius 2 is 1.83 bits per heavy atom. The van der Waals surface area contributed by atoms with E-state index >= 15 is 0 Å². The van der Waals surface area contributed by atoms with Crippen molar-refractivity contribution in [2.24, 2.45) is 5.41 Å². The van der Waals surface area contributed by atoms with Crippen molar-refractivity contribution in [2.45, 2.75) is 33.4 Å². The van der Waals surface area contributed by atoms with Crippen LogP contribution >= 0.6 is 0 Å². The van der Waals surface area contributed by atoms with Crippen LogP contribution < -0.4 is 14.8 Å². The van der Waals surface area contributed by atoms with Gasteiger partial charge in [0.1, 0.15) is 6.04 Å². The van der Waals surface area contributed by atoms with Crippen LogP contribution in [0.2, 0.25) is 0 Å². The van der Waals surface area contributed by atoms with Gasteiger partial charge >= 0.3 is 12.6 Å². The van der Waals surface area contributed by atoms with Gasteiger partial charge in [-0.25, -0.2) is 4.79 Å². The lowest BCUT2D eigenvalue weighted by atomic mass is 9.86. The van der Waals surface area contributed by atoms with Crippen molar-refractivity contribution in [3.05, 3.63) is 23.8 Å². The lowest BCUT2D eigenvalue weighted by molar-refractivity contribution is -0.142. The molecule has 0 saturated heterocycles. The predicted molar refractivity (Wildman–Crippen MR) is 78.0 cm³/mol. The van der Waals surface area contributed by atoms with E-state index in [0.29, 0.717) is 0 Å². The van der Waals surface area contributed by atoms with Crippen LogP contribution in [0.4, 0.5) is 8.78 Å². The highest BCUT2D eigenvalue weighted by molar-refractivity contribution is 5.97. The third-order valence-electron chi connectivity index (χ3n) is 3.03. The van der Waals surface area contributed by atoms with Crippen LogP contribution in [0.3, 0.4) is 0 Å². The number of nitrogens with one attached hydrogen (secondary N) is 1. The topological polar surface area (TPSA) is 84.9 Å². The zero-order valence-electron chi connectivity index (χ0n) is 13.2. The first-order chi connectivity index (χ1) is 10.6. The maximum atomic E-state index is 12.4. The largest absolute Gasteiger partial charge is 0.493 e. The van der Waals surface area contributed by atoms with Gasteiger partial charge in [0, 0.05) is 5.56 Å². The zero-order valence-corrected chi connectivity index (χ0v) is 13.2. The van der Waals surface area contributed by atoms with Gasteiger partial charge in [-0.05, 0) is 23.6 Å². The molecule has 0 bridgehead atoms. The van der Waals surface area contributed by atoms with E-state index in [1.165, 1.54) is 19.2 Å². The first-order valence-corrected chi connectivity index (χ1v) is 6.72. The second kappa shape index (κ2) is 7.26. The van der Waals surface area contributed by atoms with Gasteiger partial charge in [-0.2, -0.15) is 8.78 Å². The Bertz CT molecular complexity index is 584. The van der Waals surface area contributed by atoms with E-state index < -0.39 is 29.9 Å². The minimum atomic E-state index is -3.08. The fraction of sp³-hybridized carbons (Fsp3) is 0.467. The molecule has 0 aliphatic heterocycles. The molecular formula is C15H19F2NO5. The Morgan fingerprint density at radius 1 is 1.22 bits per heavy atom. The smallest absolute Gasteiger partial charge is 0.387 e. The number of methoxy groups -OCH3 is 1. The molecule has 0 radical (unpaired) electrons. The third kappa shape index (κ3) is 5.08. The molecule has 0 heterocycles. The van der Waals surface area contributed by atoms with Gasteiger partial charge in [-0.3, -0.25) is 4.79 Å². The maximum Gasteiger partial charge on any atom is 0.387 e. The van der Waals surface area contributed by atoms with Crippen LogP contribution in [0.25, 0.3) is 0 Å². The van der Waals surface area contributed by atoms with Gasteiger partial charge in [0.15, 0.2) is 11.5 Å². The second-order valence-electron chi connectivity index (χ2n) is 5.85. The summed E-state index contributed by atoms with van der Waals surface area (Å²) in [5, 5.41) is 11.6. The van der Waals surface area contributed by atoms with Crippen molar-refractivity contribution in [3.63, 3.8) is 0 Å². The quantitative estimate of drug-likeness (QED) is 0.837. The molecule has 0 fully saturated rings. The van der Waals surface area contributed by atoms with Crippen LogP contribution in [-0.2, 0) is 4.79 Å². The molecule has 1 aromatic rings. The number of halogens is 2. The zero-order chi connectivity index (χ0) is 17.8. The van der Waals surface area contributed by atoms with Crippen molar-refractivity contribution in [2.75, 3.05) is 7.11 Å². The minimum absolute atomic E-state index is 0.0167. The highest BCUT2D eigenvalue weighted by Gasteiger charge is 2.33. The molecule has 0 saturated carbocycles. The predicted octanol–water partition coefficient (Wildman–Crippen LogP) is 2.53. The SMILES string of the molecule is COc1ccc(C(=O)NC(C(=O)O)C(C)(C)C)cc1OC(F)F. The average molecular weight is 331 g/mol. The lowest BCUT2D eigenvalue weighted by Crippen LogP contribution is -2.49. The van der Waals surface area contributed by atoms with Crippen LogP contribution in [0.5, 0.6) is 11.5 Å². The number of hydrogen-bond acceptors (Lipinski definition) is 4. The summed E-state index contributed by atoms with van der Waals surface area (Å²) in [6, 6.07) is 2.55. The van der Waals surface area contributed by atoms with E-state index in [1.807, 2.05) is 0 Å². The standard InChI is InChI=1S/C15H19F2NO5/c1-15(2,3)11(13(20)21)18-12(19)8-5-6-9(22-4)10(7-8)23-14(16)17/h5-7,11,14H,1-4H3,(H,18,19)(H,20,21). The van der Waals surface area contributed by atoms with Crippen LogP contribution in [0.15, 0.2) is 18.2 Å². The molecule has 1 unspecified atom stereocenters. The van der Waals surface area contributed by atoms with Crippen LogP contribution in [0.1, 0.15) is 31.1 Å². The number of carboxylic acids is 1. The summed E-state index contributed by atoms with van der Waals surface area (Å²) in [7, 11) is 1.27. The maximum absolute atomic E-state index is 12.4. The van der Waals surface area contributed by atoms with Crippen LogP contribution in [-0.4, -0.2) is 36.7 Å². The summed E-state index contributed by atoms with van der Waals surface area (Å²) in [6.07, 6.45) is 0. The lowest BCUT2D eigenvalue weighted by Gasteiger charge is -2.27. The first kappa shape index (κ1) is 18.7. The Morgan fingerprint density at radius 3 is 2.26 bits per heavy atom. The number of hydrogen-bond donors (Lipinski definition) is 2. The second-order valence-corrected chi connectivity index (χ2v) is 5.85. The van der Waals surface area contributed by atoms with E-state index in [4.69, 9.17) is 4.74 Å². The van der Waals surface area contributed by atoms with E-state index in [1.54, 1.807) is 20.8 Å². The van der Waals surface area contributed by atoms with E-state index in [9.17, 15) is 23.5 Å². The number of benzene rings is 1. The van der Waals surface area contributed by atoms with Gasteiger partial charge in [-0.15, -0.1) is 0 Å². The van der Waals surface area contributed by atoms with Gasteiger partial charge in [0.2, 0.25) is 0 Å². The normalized spacial score (nSPS) is 12.7. The van der Waals surface area contributed by atoms with Crippen molar-refractivity contribution in [1.29, 1.82) is 0 Å². The molecule has 0 aromatic heterocycles. The highest BCUT2D eigenvalue weighted by Crippen LogP contribution is 2.29. The Labute approximate surface area is 132 Å². The number of rotatable bonds is 6. The number of amides is 1. The molecule has 23 heavy (non-hydrogen) atoms. The van der Waals surface area contributed by atoms with Crippen molar-refractivity contribution in [3.8, 4) is 11.5 Å². The van der Waals surface area contributed by atoms with Gasteiger partial charge in [-0.1, -0.05) is 20.8 Å². The fourth-order valence-corrected chi connectivity index (χ4v) is 1.87. The summed E-state index contributed by atoms with van der Waals surface area (Å²) < 4.78 is 33.9. The summed E-state index contributed by atoms with van der Waals surface area (Å²) in [4.78, 5) is 23.5. The molecule has 8 heteroatoms. The molecule has 1 atom stereocenters. The van der Waals surface area contributed by atoms with Gasteiger partial charge in [0.05, 0.1) is 7.11 Å². The summed E-state index contributed by atoms with van der Waals surface area (Å²) in [6.45, 7) is 1.89. The van der Waals surface area contributed by atoms with Gasteiger partial charge < -0.3 is 19.9 Å². The average Bonchev–Trinajstić information content (AvgIpc) is 2.42. The molecule has 1 amide bonds. The Balaban J connectivity index is 3.06. The number of alkyl halides is 2. The van der Waals surface area contributed by atoms with Crippen LogP contribution in [0, 0.1) is 5.41 Å². The third-order valence-corrected chi connectivity index (χ3v) is 3.03. The molecule has 2 N–H and O–H groups in total. The highest BCUT2D eigenvalue weighted by atomic mass is 19.3. The number of carbonyl (C=O) groups is 2. The molecule has 6 nitrogen and oxygen atoms in total. The molecule has 0 spiro atoms. The van der Waals surface area contributed by atoms with Crippen molar-refractivity contribution < 1.29 is 33.0 Å². The summed E-state index contributed by atoms with van der Waals surface area (Å²) in [5.74, 6) is -2.18. The van der Waals surface area contributed by atoms with Crippen molar-refractivity contribution in [1.82, 2.24) is 5.32 Å². The molecule has 0 aliphatic rings. The van der Waals surface area contributed by atoms with Crippen molar-refractivity contribution >= 4 is 11.9 Å². The summed E-state index contributed by atoms with van der Waals surface area (Å²) in [5.41, 5.74) is -0.743. The molecule has 0 aliphatic carbocycles. The first-order valence-electron chi connectivity index (χ1n) is 6.72. The summed E-state index contributed by atoms with van der Waals surface area (Å²) >= 11 is 0. The fourth-order valence-electron chi connectivity index (χ4n) is 1.87. The molecule has 128 valence electrons.